The Bertz CT molecular complexity index is 911. The lowest BCUT2D eigenvalue weighted by atomic mass is 10.0. The molecule has 0 unspecified atom stereocenters. The Balaban J connectivity index is 1.68. The van der Waals surface area contributed by atoms with Crippen molar-refractivity contribution < 1.29 is 9.59 Å². The minimum atomic E-state index is -0.645. The third kappa shape index (κ3) is 6.04. The van der Waals surface area contributed by atoms with Gasteiger partial charge in [-0.25, -0.2) is 0 Å². The van der Waals surface area contributed by atoms with Crippen LogP contribution in [0.1, 0.15) is 34.3 Å². The summed E-state index contributed by atoms with van der Waals surface area (Å²) >= 11 is 0. The van der Waals surface area contributed by atoms with Gasteiger partial charge in [0.2, 0.25) is 5.91 Å². The molecule has 0 saturated carbocycles. The minimum absolute atomic E-state index is 0.180. The number of benzene rings is 3. The van der Waals surface area contributed by atoms with Crippen molar-refractivity contribution in [2.24, 2.45) is 0 Å². The van der Waals surface area contributed by atoms with E-state index in [1.165, 1.54) is 5.56 Å². The Kier molecular flexibility index (Phi) is 7.17. The van der Waals surface area contributed by atoms with Crippen LogP contribution in [0.5, 0.6) is 0 Å². The monoisotopic (exact) mass is 386 g/mol. The van der Waals surface area contributed by atoms with Gasteiger partial charge in [-0.1, -0.05) is 85.8 Å². The first-order valence-electron chi connectivity index (χ1n) is 9.86. The summed E-state index contributed by atoms with van der Waals surface area (Å²) in [5, 5.41) is 5.90. The number of carbonyl (C=O) groups excluding carboxylic acids is 2. The number of amides is 2. The van der Waals surface area contributed by atoms with Gasteiger partial charge in [-0.05, 0) is 29.2 Å². The molecule has 4 heteroatoms. The predicted octanol–water partition coefficient (Wildman–Crippen LogP) is 3.95. The van der Waals surface area contributed by atoms with Crippen LogP contribution >= 0.6 is 0 Å². The molecular weight excluding hydrogens is 360 g/mol. The minimum Gasteiger partial charge on any atom is -0.354 e. The second kappa shape index (κ2) is 10.2. The second-order valence-corrected chi connectivity index (χ2v) is 7.14. The summed E-state index contributed by atoms with van der Waals surface area (Å²) in [6.07, 6.45) is 0.435. The van der Waals surface area contributed by atoms with Gasteiger partial charge in [0.05, 0.1) is 0 Å². The van der Waals surface area contributed by atoms with Gasteiger partial charge in [0, 0.05) is 18.5 Å². The molecule has 0 spiro atoms. The number of carbonyl (C=O) groups is 2. The van der Waals surface area contributed by atoms with Crippen molar-refractivity contribution in [2.75, 3.05) is 6.54 Å². The largest absolute Gasteiger partial charge is 0.354 e. The third-order valence-electron chi connectivity index (χ3n) is 4.89. The summed E-state index contributed by atoms with van der Waals surface area (Å²) in [4.78, 5) is 25.5. The van der Waals surface area contributed by atoms with E-state index in [9.17, 15) is 9.59 Å². The molecule has 0 aliphatic rings. The van der Waals surface area contributed by atoms with E-state index in [2.05, 4.69) is 29.7 Å². The summed E-state index contributed by atoms with van der Waals surface area (Å²) in [6.45, 7) is 2.58. The second-order valence-electron chi connectivity index (χ2n) is 7.14. The van der Waals surface area contributed by atoms with Gasteiger partial charge in [0.25, 0.3) is 5.91 Å². The number of hydrogen-bond acceptors (Lipinski definition) is 2. The summed E-state index contributed by atoms with van der Waals surface area (Å²) < 4.78 is 0. The molecule has 0 bridgehead atoms. The van der Waals surface area contributed by atoms with Crippen LogP contribution in [-0.2, 0) is 11.2 Å². The molecule has 0 aromatic heterocycles. The van der Waals surface area contributed by atoms with E-state index < -0.39 is 6.04 Å². The molecule has 0 radical (unpaired) electrons. The Hall–Kier alpha value is -3.40. The molecule has 3 rings (SSSR count). The summed E-state index contributed by atoms with van der Waals surface area (Å²) in [6, 6.07) is 28.1. The molecule has 3 aromatic rings. The Morgan fingerprint density at radius 3 is 1.97 bits per heavy atom. The van der Waals surface area contributed by atoms with Crippen molar-refractivity contribution in [1.82, 2.24) is 10.6 Å². The molecule has 4 nitrogen and oxygen atoms in total. The van der Waals surface area contributed by atoms with Crippen LogP contribution in [-0.4, -0.2) is 24.4 Å². The molecule has 0 saturated heterocycles. The fourth-order valence-corrected chi connectivity index (χ4v) is 3.17. The first-order chi connectivity index (χ1) is 14.1. The van der Waals surface area contributed by atoms with Gasteiger partial charge in [-0.3, -0.25) is 9.59 Å². The average molecular weight is 386 g/mol. The lowest BCUT2D eigenvalue weighted by Crippen LogP contribution is -2.48. The molecule has 2 amide bonds. The molecule has 3 aromatic carbocycles. The quantitative estimate of drug-likeness (QED) is 0.616. The fourth-order valence-electron chi connectivity index (χ4n) is 3.17. The average Bonchev–Trinajstić information content (AvgIpc) is 2.78. The van der Waals surface area contributed by atoms with Gasteiger partial charge in [0.15, 0.2) is 0 Å². The standard InChI is InChI=1S/C25H26N2O2/c1-19(21-13-7-3-8-14-21)18-26-25(29)23(17-20-11-5-2-6-12-20)27-24(28)22-15-9-4-10-16-22/h2-16,19,23H,17-18H2,1H3,(H,26,29)(H,27,28)/t19-,23+/m0/s1. The molecule has 0 fully saturated rings. The molecule has 2 atom stereocenters. The maximum atomic E-state index is 12.9. The highest BCUT2D eigenvalue weighted by molar-refractivity contribution is 5.97. The van der Waals surface area contributed by atoms with Crippen LogP contribution in [0, 0.1) is 0 Å². The predicted molar refractivity (Wildman–Crippen MR) is 116 cm³/mol. The van der Waals surface area contributed by atoms with Crippen LogP contribution in [0.3, 0.4) is 0 Å². The Morgan fingerprint density at radius 2 is 1.34 bits per heavy atom. The summed E-state index contributed by atoms with van der Waals surface area (Å²) in [7, 11) is 0. The van der Waals surface area contributed by atoms with Crippen LogP contribution in [0.15, 0.2) is 91.0 Å². The van der Waals surface area contributed by atoms with Crippen LogP contribution in [0.4, 0.5) is 0 Å². The molecule has 0 aliphatic carbocycles. The highest BCUT2D eigenvalue weighted by atomic mass is 16.2. The van der Waals surface area contributed by atoms with E-state index in [0.717, 1.165) is 5.56 Å². The van der Waals surface area contributed by atoms with Gasteiger partial charge < -0.3 is 10.6 Å². The molecule has 0 aliphatic heterocycles. The number of hydrogen-bond donors (Lipinski definition) is 2. The summed E-state index contributed by atoms with van der Waals surface area (Å²) in [5.74, 6) is -0.249. The van der Waals surface area contributed by atoms with Gasteiger partial charge in [-0.2, -0.15) is 0 Å². The van der Waals surface area contributed by atoms with E-state index in [-0.39, 0.29) is 17.7 Å². The zero-order chi connectivity index (χ0) is 20.5. The first kappa shape index (κ1) is 20.3. The van der Waals surface area contributed by atoms with Crippen molar-refractivity contribution in [1.29, 1.82) is 0 Å². The number of rotatable bonds is 8. The molecule has 0 heterocycles. The van der Waals surface area contributed by atoms with Crippen LogP contribution < -0.4 is 10.6 Å². The zero-order valence-electron chi connectivity index (χ0n) is 16.5. The van der Waals surface area contributed by atoms with E-state index in [1.807, 2.05) is 66.7 Å². The number of nitrogens with one attached hydrogen (secondary N) is 2. The topological polar surface area (TPSA) is 58.2 Å². The zero-order valence-corrected chi connectivity index (χ0v) is 16.5. The maximum absolute atomic E-state index is 12.9. The van der Waals surface area contributed by atoms with Crippen molar-refractivity contribution in [3.05, 3.63) is 108 Å². The van der Waals surface area contributed by atoms with Crippen LogP contribution in [0.25, 0.3) is 0 Å². The van der Waals surface area contributed by atoms with Crippen molar-refractivity contribution in [2.45, 2.75) is 25.3 Å². The lowest BCUT2D eigenvalue weighted by Gasteiger charge is -2.20. The third-order valence-corrected chi connectivity index (χ3v) is 4.89. The maximum Gasteiger partial charge on any atom is 0.251 e. The molecule has 29 heavy (non-hydrogen) atoms. The van der Waals surface area contributed by atoms with Crippen molar-refractivity contribution in [3.8, 4) is 0 Å². The highest BCUT2D eigenvalue weighted by Gasteiger charge is 2.22. The van der Waals surface area contributed by atoms with E-state index in [0.29, 0.717) is 18.5 Å². The van der Waals surface area contributed by atoms with Crippen molar-refractivity contribution >= 4 is 11.8 Å². The molecule has 2 N–H and O–H groups in total. The normalized spacial score (nSPS) is 12.6. The van der Waals surface area contributed by atoms with E-state index in [4.69, 9.17) is 0 Å². The van der Waals surface area contributed by atoms with Gasteiger partial charge in [-0.15, -0.1) is 0 Å². The smallest absolute Gasteiger partial charge is 0.251 e. The molecule has 148 valence electrons. The lowest BCUT2D eigenvalue weighted by molar-refractivity contribution is -0.123. The Labute approximate surface area is 172 Å². The van der Waals surface area contributed by atoms with Gasteiger partial charge >= 0.3 is 0 Å². The van der Waals surface area contributed by atoms with Gasteiger partial charge in [0.1, 0.15) is 6.04 Å². The molecular formula is C25H26N2O2. The highest BCUT2D eigenvalue weighted by Crippen LogP contribution is 2.13. The van der Waals surface area contributed by atoms with Crippen LogP contribution in [0.2, 0.25) is 0 Å². The Morgan fingerprint density at radius 1 is 0.793 bits per heavy atom. The van der Waals surface area contributed by atoms with E-state index in [1.54, 1.807) is 12.1 Å². The van der Waals surface area contributed by atoms with E-state index >= 15 is 0 Å². The SMILES string of the molecule is C[C@@H](CNC(=O)[C@@H](Cc1ccccc1)NC(=O)c1ccccc1)c1ccccc1. The summed E-state index contributed by atoms with van der Waals surface area (Å²) in [5.41, 5.74) is 2.70. The first-order valence-corrected chi connectivity index (χ1v) is 9.86. The van der Waals surface area contributed by atoms with Crippen molar-refractivity contribution in [3.63, 3.8) is 0 Å². The fraction of sp³-hybridized carbons (Fsp3) is 0.200.